The van der Waals surface area contributed by atoms with E-state index in [4.69, 9.17) is 14.2 Å². The number of carbonyl (C=O) groups is 2. The van der Waals surface area contributed by atoms with Crippen LogP contribution in [0.1, 0.15) is 40.7 Å². The minimum Gasteiger partial charge on any atom is -0.497 e. The second-order valence-electron chi connectivity index (χ2n) is 9.45. The van der Waals surface area contributed by atoms with Gasteiger partial charge in [-0.25, -0.2) is 0 Å². The van der Waals surface area contributed by atoms with Crippen LogP contribution in [-0.4, -0.2) is 62.1 Å². The van der Waals surface area contributed by atoms with Crippen LogP contribution in [-0.2, 0) is 11.2 Å². The van der Waals surface area contributed by atoms with Crippen LogP contribution in [0.4, 0.5) is 0 Å². The maximum atomic E-state index is 13.7. The van der Waals surface area contributed by atoms with E-state index in [1.807, 2.05) is 43.0 Å². The molecule has 2 heterocycles. The van der Waals surface area contributed by atoms with E-state index in [2.05, 4.69) is 11.4 Å². The zero-order valence-corrected chi connectivity index (χ0v) is 22.6. The minimum absolute atomic E-state index is 0.00333. The standard InChI is InChI=1S/C29H34N2O5S/c1-20(2)17-30(29(33)21-7-5-8-22(15-21)34-3)18-28(32)31-13-11-27-25(12-14-37-27)26(31)19-36-24-10-6-9-23(16-24)35-4/h5-10,12,14-16,20,26H,11,13,17-19H2,1-4H3/t26-/m1/s1. The molecule has 4 rings (SSSR count). The predicted molar refractivity (Wildman–Crippen MR) is 145 cm³/mol. The van der Waals surface area contributed by atoms with Crippen LogP contribution in [0, 0.1) is 5.92 Å². The Bertz CT molecular complexity index is 1220. The monoisotopic (exact) mass is 522 g/mol. The number of hydrogen-bond donors (Lipinski definition) is 0. The quantitative estimate of drug-likeness (QED) is 0.372. The fourth-order valence-corrected chi connectivity index (χ4v) is 5.52. The molecule has 0 saturated heterocycles. The molecule has 0 unspecified atom stereocenters. The molecule has 1 aliphatic rings. The number of rotatable bonds is 10. The van der Waals surface area contributed by atoms with Crippen LogP contribution in [0.15, 0.2) is 60.0 Å². The Kier molecular flexibility index (Phi) is 8.71. The van der Waals surface area contributed by atoms with Crippen LogP contribution < -0.4 is 14.2 Å². The first-order valence-corrected chi connectivity index (χ1v) is 13.3. The molecule has 37 heavy (non-hydrogen) atoms. The van der Waals surface area contributed by atoms with E-state index < -0.39 is 0 Å². The highest BCUT2D eigenvalue weighted by atomic mass is 32.1. The average molecular weight is 523 g/mol. The molecule has 0 aliphatic carbocycles. The van der Waals surface area contributed by atoms with Crippen LogP contribution >= 0.6 is 11.3 Å². The van der Waals surface area contributed by atoms with Gasteiger partial charge >= 0.3 is 0 Å². The highest BCUT2D eigenvalue weighted by Crippen LogP contribution is 2.34. The number of thiophene rings is 1. The van der Waals surface area contributed by atoms with E-state index in [1.165, 1.54) is 4.88 Å². The summed E-state index contributed by atoms with van der Waals surface area (Å²) in [6.07, 6.45) is 0.794. The Labute approximate surface area is 222 Å². The summed E-state index contributed by atoms with van der Waals surface area (Å²) in [4.78, 5) is 32.0. The zero-order valence-electron chi connectivity index (χ0n) is 21.8. The van der Waals surface area contributed by atoms with Gasteiger partial charge in [-0.15, -0.1) is 11.3 Å². The normalized spacial score (nSPS) is 14.7. The molecular weight excluding hydrogens is 488 g/mol. The molecule has 0 fully saturated rings. The van der Waals surface area contributed by atoms with Gasteiger partial charge < -0.3 is 24.0 Å². The molecule has 2 amide bonds. The molecule has 1 atom stereocenters. The summed E-state index contributed by atoms with van der Waals surface area (Å²) in [5.41, 5.74) is 1.62. The highest BCUT2D eigenvalue weighted by molar-refractivity contribution is 7.10. The molecule has 0 saturated carbocycles. The number of ether oxygens (including phenoxy) is 3. The van der Waals surface area contributed by atoms with Gasteiger partial charge in [0.05, 0.1) is 20.3 Å². The molecule has 7 nitrogen and oxygen atoms in total. The van der Waals surface area contributed by atoms with Gasteiger partial charge in [-0.05, 0) is 59.7 Å². The van der Waals surface area contributed by atoms with Crippen LogP contribution in [0.3, 0.4) is 0 Å². The molecule has 0 spiro atoms. The van der Waals surface area contributed by atoms with Crippen molar-refractivity contribution in [3.63, 3.8) is 0 Å². The lowest BCUT2D eigenvalue weighted by atomic mass is 10.00. The van der Waals surface area contributed by atoms with E-state index in [0.29, 0.717) is 42.5 Å². The Morgan fingerprint density at radius 2 is 1.73 bits per heavy atom. The lowest BCUT2D eigenvalue weighted by molar-refractivity contribution is -0.135. The second kappa shape index (κ2) is 12.1. The van der Waals surface area contributed by atoms with Crippen LogP contribution in [0.2, 0.25) is 0 Å². The van der Waals surface area contributed by atoms with Gasteiger partial charge in [0.2, 0.25) is 5.91 Å². The van der Waals surface area contributed by atoms with Gasteiger partial charge in [0.25, 0.3) is 5.91 Å². The van der Waals surface area contributed by atoms with Crippen molar-refractivity contribution < 1.29 is 23.8 Å². The van der Waals surface area contributed by atoms with Gasteiger partial charge in [0.15, 0.2) is 0 Å². The topological polar surface area (TPSA) is 68.3 Å². The van der Waals surface area contributed by atoms with Crippen molar-refractivity contribution >= 4 is 23.2 Å². The second-order valence-corrected chi connectivity index (χ2v) is 10.5. The summed E-state index contributed by atoms with van der Waals surface area (Å²) in [6, 6.07) is 16.3. The summed E-state index contributed by atoms with van der Waals surface area (Å²) in [7, 11) is 3.19. The molecule has 8 heteroatoms. The third-order valence-electron chi connectivity index (χ3n) is 6.38. The Balaban J connectivity index is 1.54. The summed E-state index contributed by atoms with van der Waals surface area (Å²) in [6.45, 7) is 5.46. The van der Waals surface area contributed by atoms with Crippen molar-refractivity contribution in [2.45, 2.75) is 26.3 Å². The first kappa shape index (κ1) is 26.5. The number of fused-ring (bicyclic) bond motifs is 1. The summed E-state index contributed by atoms with van der Waals surface area (Å²) in [5, 5.41) is 2.06. The fourth-order valence-electron chi connectivity index (χ4n) is 4.59. The van der Waals surface area contributed by atoms with E-state index >= 15 is 0 Å². The molecule has 1 aromatic heterocycles. The molecule has 196 valence electrons. The molecule has 0 bridgehead atoms. The summed E-state index contributed by atoms with van der Waals surface area (Å²) >= 11 is 1.71. The molecular formula is C29H34N2O5S. The SMILES string of the molecule is COc1cccc(OC[C@@H]2c3ccsc3CCN2C(=O)CN(CC(C)C)C(=O)c2cccc(OC)c2)c1. The largest absolute Gasteiger partial charge is 0.497 e. The van der Waals surface area contributed by atoms with Crippen molar-refractivity contribution in [3.05, 3.63) is 76.0 Å². The smallest absolute Gasteiger partial charge is 0.254 e. The number of methoxy groups -OCH3 is 2. The van der Waals surface area contributed by atoms with E-state index in [1.54, 1.807) is 54.7 Å². The van der Waals surface area contributed by atoms with E-state index in [9.17, 15) is 9.59 Å². The van der Waals surface area contributed by atoms with Crippen molar-refractivity contribution in [1.82, 2.24) is 9.80 Å². The number of hydrogen-bond acceptors (Lipinski definition) is 6. The molecule has 0 N–H and O–H groups in total. The van der Waals surface area contributed by atoms with Crippen molar-refractivity contribution in [2.75, 3.05) is 40.5 Å². The minimum atomic E-state index is -0.235. The first-order chi connectivity index (χ1) is 17.9. The first-order valence-electron chi connectivity index (χ1n) is 12.5. The molecule has 1 aliphatic heterocycles. The van der Waals surface area contributed by atoms with Crippen molar-refractivity contribution in [3.8, 4) is 17.2 Å². The maximum Gasteiger partial charge on any atom is 0.254 e. The molecule has 3 aromatic rings. The van der Waals surface area contributed by atoms with E-state index in [0.717, 1.165) is 12.0 Å². The van der Waals surface area contributed by atoms with Gasteiger partial charge in [-0.3, -0.25) is 9.59 Å². The van der Waals surface area contributed by atoms with Crippen molar-refractivity contribution in [2.24, 2.45) is 5.92 Å². The van der Waals surface area contributed by atoms with Gasteiger partial charge in [0, 0.05) is 29.6 Å². The van der Waals surface area contributed by atoms with Gasteiger partial charge in [-0.2, -0.15) is 0 Å². The summed E-state index contributed by atoms with van der Waals surface area (Å²) < 4.78 is 16.7. The van der Waals surface area contributed by atoms with Crippen LogP contribution in [0.5, 0.6) is 17.2 Å². The predicted octanol–water partition coefficient (Wildman–Crippen LogP) is 5.07. The molecule has 0 radical (unpaired) electrons. The fraction of sp³-hybridized carbons (Fsp3) is 0.379. The lowest BCUT2D eigenvalue weighted by Gasteiger charge is -2.37. The number of benzene rings is 2. The number of carbonyl (C=O) groups excluding carboxylic acids is 2. The van der Waals surface area contributed by atoms with E-state index in [-0.39, 0.29) is 30.3 Å². The maximum absolute atomic E-state index is 13.7. The number of nitrogens with zero attached hydrogens (tertiary/aromatic N) is 2. The Hall–Kier alpha value is -3.52. The third kappa shape index (κ3) is 6.43. The number of amides is 2. The van der Waals surface area contributed by atoms with Crippen molar-refractivity contribution in [1.29, 1.82) is 0 Å². The highest BCUT2D eigenvalue weighted by Gasteiger charge is 2.34. The summed E-state index contributed by atoms with van der Waals surface area (Å²) in [5.74, 6) is 1.94. The zero-order chi connectivity index (χ0) is 26.4. The lowest BCUT2D eigenvalue weighted by Crippen LogP contribution is -2.48. The third-order valence-corrected chi connectivity index (χ3v) is 7.38. The molecule has 2 aromatic carbocycles. The average Bonchev–Trinajstić information content (AvgIpc) is 3.40. The van der Waals surface area contributed by atoms with Crippen LogP contribution in [0.25, 0.3) is 0 Å². The Morgan fingerprint density at radius 3 is 2.46 bits per heavy atom. The Morgan fingerprint density at radius 1 is 1.03 bits per heavy atom. The van der Waals surface area contributed by atoms with Gasteiger partial charge in [-0.1, -0.05) is 26.0 Å². The van der Waals surface area contributed by atoms with Gasteiger partial charge in [0.1, 0.15) is 30.4 Å².